The van der Waals surface area contributed by atoms with Crippen molar-refractivity contribution in [2.24, 2.45) is 0 Å². The zero-order valence-corrected chi connectivity index (χ0v) is 10.2. The van der Waals surface area contributed by atoms with Crippen LogP contribution in [-0.4, -0.2) is 4.83 Å². The molecule has 1 aromatic carbocycles. The molecule has 1 aromatic rings. The first-order valence-corrected chi connectivity index (χ1v) is 5.86. The average molecular weight is 310 g/mol. The lowest BCUT2D eigenvalue weighted by Crippen LogP contribution is -1.83. The first-order chi connectivity index (χ1) is 5.68. The lowest BCUT2D eigenvalue weighted by molar-refractivity contribution is 1.14. The molecule has 64 valence electrons. The number of hydrogen-bond acceptors (Lipinski definition) is 0. The summed E-state index contributed by atoms with van der Waals surface area (Å²) >= 11 is 13.0. The molecule has 0 aliphatic heterocycles. The van der Waals surface area contributed by atoms with E-state index in [1.165, 1.54) is 12.0 Å². The molecule has 0 bridgehead atoms. The van der Waals surface area contributed by atoms with E-state index in [0.717, 1.165) is 9.50 Å². The normalized spacial score (nSPS) is 27.2. The average Bonchev–Trinajstić information content (AvgIpc) is 2.66. The molecule has 0 aromatic heterocycles. The molecule has 12 heavy (non-hydrogen) atoms. The second-order valence-electron chi connectivity index (χ2n) is 3.02. The molecule has 2 rings (SSSR count). The number of hydrogen-bond donors (Lipinski definition) is 0. The van der Waals surface area contributed by atoms with Gasteiger partial charge in [0.1, 0.15) is 0 Å². The SMILES string of the molecule is Clc1cc(Br)ccc1[C@@H]1C[C@H]1Br. The fraction of sp³-hybridized carbons (Fsp3) is 0.333. The highest BCUT2D eigenvalue weighted by Gasteiger charge is 2.37. The van der Waals surface area contributed by atoms with Crippen LogP contribution in [0.1, 0.15) is 17.9 Å². The van der Waals surface area contributed by atoms with Crippen molar-refractivity contribution in [1.82, 2.24) is 0 Å². The summed E-state index contributed by atoms with van der Waals surface area (Å²) in [6.07, 6.45) is 1.21. The smallest absolute Gasteiger partial charge is 0.0452 e. The maximum Gasteiger partial charge on any atom is 0.0452 e. The van der Waals surface area contributed by atoms with Gasteiger partial charge in [-0.1, -0.05) is 49.5 Å². The van der Waals surface area contributed by atoms with E-state index in [2.05, 4.69) is 37.9 Å². The fourth-order valence-electron chi connectivity index (χ4n) is 1.29. The summed E-state index contributed by atoms with van der Waals surface area (Å²) in [4.78, 5) is 0.635. The number of rotatable bonds is 1. The second-order valence-corrected chi connectivity index (χ2v) is 5.52. The maximum atomic E-state index is 6.08. The van der Waals surface area contributed by atoms with Crippen LogP contribution in [0, 0.1) is 0 Å². The third kappa shape index (κ3) is 1.70. The van der Waals surface area contributed by atoms with Gasteiger partial charge in [-0.2, -0.15) is 0 Å². The molecule has 0 saturated heterocycles. The molecule has 0 radical (unpaired) electrons. The minimum atomic E-state index is 0.630. The van der Waals surface area contributed by atoms with E-state index < -0.39 is 0 Å². The van der Waals surface area contributed by atoms with Crippen molar-refractivity contribution in [2.75, 3.05) is 0 Å². The van der Waals surface area contributed by atoms with Crippen LogP contribution in [0.4, 0.5) is 0 Å². The monoisotopic (exact) mass is 308 g/mol. The zero-order chi connectivity index (χ0) is 8.72. The van der Waals surface area contributed by atoms with Gasteiger partial charge in [0.2, 0.25) is 0 Å². The minimum absolute atomic E-state index is 0.630. The highest BCUT2D eigenvalue weighted by atomic mass is 79.9. The van der Waals surface area contributed by atoms with Gasteiger partial charge in [-0.15, -0.1) is 0 Å². The van der Waals surface area contributed by atoms with Crippen LogP contribution in [0.5, 0.6) is 0 Å². The van der Waals surface area contributed by atoms with Crippen LogP contribution >= 0.6 is 43.5 Å². The molecule has 0 N–H and O–H groups in total. The summed E-state index contributed by atoms with van der Waals surface area (Å²) in [6, 6.07) is 6.09. The van der Waals surface area contributed by atoms with E-state index >= 15 is 0 Å². The van der Waals surface area contributed by atoms with Gasteiger partial charge in [0, 0.05) is 14.3 Å². The zero-order valence-electron chi connectivity index (χ0n) is 6.23. The van der Waals surface area contributed by atoms with E-state index in [9.17, 15) is 0 Å². The van der Waals surface area contributed by atoms with Crippen LogP contribution in [0.3, 0.4) is 0 Å². The van der Waals surface area contributed by atoms with Gasteiger partial charge in [-0.3, -0.25) is 0 Å². The summed E-state index contributed by atoms with van der Waals surface area (Å²) < 4.78 is 1.04. The Labute approximate surface area is 93.6 Å². The fourth-order valence-corrected chi connectivity index (χ4v) is 2.79. The Morgan fingerprint density at radius 2 is 2.08 bits per heavy atom. The van der Waals surface area contributed by atoms with Crippen molar-refractivity contribution in [3.8, 4) is 0 Å². The maximum absolute atomic E-state index is 6.08. The Morgan fingerprint density at radius 1 is 1.42 bits per heavy atom. The Hall–Kier alpha value is 0.470. The van der Waals surface area contributed by atoms with Crippen LogP contribution in [0.15, 0.2) is 22.7 Å². The largest absolute Gasteiger partial charge is 0.0884 e. The second kappa shape index (κ2) is 3.32. The molecule has 1 fully saturated rings. The Balaban J connectivity index is 2.33. The summed E-state index contributed by atoms with van der Waals surface area (Å²) in [7, 11) is 0. The van der Waals surface area contributed by atoms with Gasteiger partial charge in [0.25, 0.3) is 0 Å². The van der Waals surface area contributed by atoms with Crippen LogP contribution in [0.2, 0.25) is 5.02 Å². The van der Waals surface area contributed by atoms with Crippen molar-refractivity contribution in [3.05, 3.63) is 33.3 Å². The van der Waals surface area contributed by atoms with Crippen molar-refractivity contribution in [2.45, 2.75) is 17.2 Å². The Morgan fingerprint density at radius 3 is 2.58 bits per heavy atom. The van der Waals surface area contributed by atoms with Crippen molar-refractivity contribution in [1.29, 1.82) is 0 Å². The van der Waals surface area contributed by atoms with Crippen molar-refractivity contribution >= 4 is 43.5 Å². The lowest BCUT2D eigenvalue weighted by atomic mass is 10.1. The number of benzene rings is 1. The Bertz CT molecular complexity index is 311. The predicted octanol–water partition coefficient (Wildman–Crippen LogP) is 4.35. The molecule has 0 spiro atoms. The lowest BCUT2D eigenvalue weighted by Gasteiger charge is -2.01. The first kappa shape index (κ1) is 9.04. The van der Waals surface area contributed by atoms with Gasteiger partial charge in [0.05, 0.1) is 0 Å². The van der Waals surface area contributed by atoms with Crippen LogP contribution < -0.4 is 0 Å². The van der Waals surface area contributed by atoms with E-state index in [0.29, 0.717) is 10.7 Å². The summed E-state index contributed by atoms with van der Waals surface area (Å²) in [5.74, 6) is 0.630. The first-order valence-electron chi connectivity index (χ1n) is 3.77. The number of halogens is 3. The van der Waals surface area contributed by atoms with Gasteiger partial charge in [-0.25, -0.2) is 0 Å². The van der Waals surface area contributed by atoms with Crippen LogP contribution in [0.25, 0.3) is 0 Å². The van der Waals surface area contributed by atoms with Crippen molar-refractivity contribution < 1.29 is 0 Å². The molecule has 0 nitrogen and oxygen atoms in total. The van der Waals surface area contributed by atoms with E-state index in [1.807, 2.05) is 12.1 Å². The predicted molar refractivity (Wildman–Crippen MR) is 59.2 cm³/mol. The molecule has 1 saturated carbocycles. The summed E-state index contributed by atoms with van der Waals surface area (Å²) in [6.45, 7) is 0. The van der Waals surface area contributed by atoms with E-state index in [4.69, 9.17) is 11.6 Å². The summed E-state index contributed by atoms with van der Waals surface area (Å²) in [5.41, 5.74) is 1.27. The highest BCUT2D eigenvalue weighted by Crippen LogP contribution is 2.48. The molecule has 0 unspecified atom stereocenters. The Kier molecular flexibility index (Phi) is 2.50. The third-order valence-corrected chi connectivity index (χ3v) is 3.91. The quantitative estimate of drug-likeness (QED) is 0.676. The summed E-state index contributed by atoms with van der Waals surface area (Å²) in [5, 5.41) is 0.872. The van der Waals surface area contributed by atoms with E-state index in [1.54, 1.807) is 0 Å². The molecule has 1 aliphatic carbocycles. The van der Waals surface area contributed by atoms with Crippen LogP contribution in [-0.2, 0) is 0 Å². The molecule has 1 aliphatic rings. The molecular formula is C9H7Br2Cl. The molecule has 0 heterocycles. The third-order valence-electron chi connectivity index (χ3n) is 2.07. The van der Waals surface area contributed by atoms with Gasteiger partial charge in [-0.05, 0) is 30.0 Å². The molecular weight excluding hydrogens is 303 g/mol. The molecule has 2 atom stereocenters. The standard InChI is InChI=1S/C9H7Br2Cl/c10-5-1-2-6(9(12)3-5)7-4-8(7)11/h1-3,7-8H,4H2/t7-,8+/m0/s1. The highest BCUT2D eigenvalue weighted by molar-refractivity contribution is 9.10. The van der Waals surface area contributed by atoms with Gasteiger partial charge >= 0.3 is 0 Å². The molecule has 3 heteroatoms. The molecule has 0 amide bonds. The van der Waals surface area contributed by atoms with Gasteiger partial charge < -0.3 is 0 Å². The van der Waals surface area contributed by atoms with E-state index in [-0.39, 0.29) is 0 Å². The van der Waals surface area contributed by atoms with Gasteiger partial charge in [0.15, 0.2) is 0 Å². The number of alkyl halides is 1. The van der Waals surface area contributed by atoms with Crippen molar-refractivity contribution in [3.63, 3.8) is 0 Å². The topological polar surface area (TPSA) is 0 Å². The minimum Gasteiger partial charge on any atom is -0.0884 e.